The van der Waals surface area contributed by atoms with Crippen molar-refractivity contribution in [3.05, 3.63) is 53.5 Å². The van der Waals surface area contributed by atoms with Gasteiger partial charge in [0, 0.05) is 18.9 Å². The molecule has 4 nitrogen and oxygen atoms in total. The number of amides is 1. The Morgan fingerprint density at radius 2 is 1.95 bits per heavy atom. The van der Waals surface area contributed by atoms with Crippen molar-refractivity contribution < 1.29 is 9.18 Å². The Labute approximate surface area is 123 Å². The molecule has 21 heavy (non-hydrogen) atoms. The van der Waals surface area contributed by atoms with E-state index in [0.29, 0.717) is 5.69 Å². The minimum Gasteiger partial charge on any atom is -0.371 e. The number of halogens is 1. The standard InChI is InChI=1S/C16H18FN3O/c1-3-4-11-5-7-12(8-6-11)20-16(21)13-9-10-19-15(18-2)14(13)17/h5-10H,3-4H2,1-2H3,(H,18,19)(H,20,21). The van der Waals surface area contributed by atoms with Gasteiger partial charge in [-0.05, 0) is 30.2 Å². The maximum absolute atomic E-state index is 14.0. The Morgan fingerprint density at radius 3 is 2.57 bits per heavy atom. The van der Waals surface area contributed by atoms with Gasteiger partial charge in [-0.3, -0.25) is 4.79 Å². The quantitative estimate of drug-likeness (QED) is 0.885. The minimum atomic E-state index is -0.653. The van der Waals surface area contributed by atoms with Gasteiger partial charge < -0.3 is 10.6 Å². The van der Waals surface area contributed by atoms with E-state index >= 15 is 0 Å². The smallest absolute Gasteiger partial charge is 0.258 e. The first kappa shape index (κ1) is 15.0. The van der Waals surface area contributed by atoms with Crippen molar-refractivity contribution >= 4 is 17.4 Å². The first-order chi connectivity index (χ1) is 10.2. The van der Waals surface area contributed by atoms with Crippen LogP contribution in [-0.4, -0.2) is 17.9 Å². The zero-order valence-electron chi connectivity index (χ0n) is 12.1. The molecular formula is C16H18FN3O. The third kappa shape index (κ3) is 3.56. The maximum atomic E-state index is 14.0. The van der Waals surface area contributed by atoms with E-state index in [-0.39, 0.29) is 11.4 Å². The molecule has 0 aliphatic carbocycles. The summed E-state index contributed by atoms with van der Waals surface area (Å²) in [4.78, 5) is 15.9. The number of benzene rings is 1. The summed E-state index contributed by atoms with van der Waals surface area (Å²) in [6, 6.07) is 8.92. The van der Waals surface area contributed by atoms with Crippen LogP contribution in [0, 0.1) is 5.82 Å². The van der Waals surface area contributed by atoms with Crippen LogP contribution >= 0.6 is 0 Å². The van der Waals surface area contributed by atoms with Gasteiger partial charge in [0.2, 0.25) is 0 Å². The molecule has 0 aliphatic heterocycles. The highest BCUT2D eigenvalue weighted by Gasteiger charge is 2.15. The summed E-state index contributed by atoms with van der Waals surface area (Å²) in [5, 5.41) is 5.29. The number of nitrogens with one attached hydrogen (secondary N) is 2. The van der Waals surface area contributed by atoms with Crippen LogP contribution in [0.1, 0.15) is 29.3 Å². The van der Waals surface area contributed by atoms with Crippen LogP contribution in [0.5, 0.6) is 0 Å². The van der Waals surface area contributed by atoms with E-state index < -0.39 is 11.7 Å². The van der Waals surface area contributed by atoms with Crippen LogP contribution in [-0.2, 0) is 6.42 Å². The lowest BCUT2D eigenvalue weighted by atomic mass is 10.1. The van der Waals surface area contributed by atoms with Crippen LogP contribution in [0.15, 0.2) is 36.5 Å². The summed E-state index contributed by atoms with van der Waals surface area (Å²) in [6.45, 7) is 2.11. The lowest BCUT2D eigenvalue weighted by Gasteiger charge is -2.09. The second-order valence-corrected chi connectivity index (χ2v) is 4.67. The average Bonchev–Trinajstić information content (AvgIpc) is 2.49. The number of hydrogen-bond acceptors (Lipinski definition) is 3. The molecule has 0 unspecified atom stereocenters. The molecule has 0 bridgehead atoms. The van der Waals surface area contributed by atoms with Gasteiger partial charge in [0.15, 0.2) is 11.6 Å². The van der Waals surface area contributed by atoms with Gasteiger partial charge in [0.05, 0.1) is 5.56 Å². The molecule has 1 heterocycles. The van der Waals surface area contributed by atoms with Gasteiger partial charge in [-0.1, -0.05) is 25.5 Å². The van der Waals surface area contributed by atoms with Crippen LogP contribution in [0.25, 0.3) is 0 Å². The third-order valence-electron chi connectivity index (χ3n) is 3.12. The minimum absolute atomic E-state index is 0.0352. The normalized spacial score (nSPS) is 10.2. The maximum Gasteiger partial charge on any atom is 0.258 e. The van der Waals surface area contributed by atoms with Crippen molar-refractivity contribution in [3.8, 4) is 0 Å². The topological polar surface area (TPSA) is 54.0 Å². The highest BCUT2D eigenvalue weighted by Crippen LogP contribution is 2.17. The Hall–Kier alpha value is -2.43. The fourth-order valence-electron chi connectivity index (χ4n) is 2.04. The average molecular weight is 287 g/mol. The monoisotopic (exact) mass is 287 g/mol. The largest absolute Gasteiger partial charge is 0.371 e. The van der Waals surface area contributed by atoms with Crippen molar-refractivity contribution in [2.75, 3.05) is 17.7 Å². The van der Waals surface area contributed by atoms with Crippen LogP contribution < -0.4 is 10.6 Å². The fraction of sp³-hybridized carbons (Fsp3) is 0.250. The molecule has 0 aliphatic rings. The van der Waals surface area contributed by atoms with Crippen LogP contribution in [0.2, 0.25) is 0 Å². The first-order valence-electron chi connectivity index (χ1n) is 6.88. The molecule has 2 rings (SSSR count). The number of nitrogens with zero attached hydrogens (tertiary/aromatic N) is 1. The number of carbonyl (C=O) groups excluding carboxylic acids is 1. The van der Waals surface area contributed by atoms with E-state index in [9.17, 15) is 9.18 Å². The van der Waals surface area contributed by atoms with Crippen LogP contribution in [0.4, 0.5) is 15.9 Å². The second-order valence-electron chi connectivity index (χ2n) is 4.67. The number of aromatic nitrogens is 1. The molecule has 110 valence electrons. The molecule has 0 spiro atoms. The Morgan fingerprint density at radius 1 is 1.24 bits per heavy atom. The van der Waals surface area contributed by atoms with E-state index in [4.69, 9.17) is 0 Å². The predicted molar refractivity (Wildman–Crippen MR) is 82.1 cm³/mol. The number of carbonyl (C=O) groups is 1. The van der Waals surface area contributed by atoms with Gasteiger partial charge >= 0.3 is 0 Å². The molecule has 0 saturated carbocycles. The summed E-state index contributed by atoms with van der Waals surface area (Å²) in [5.41, 5.74) is 1.82. The lowest BCUT2D eigenvalue weighted by molar-refractivity contribution is 0.102. The Kier molecular flexibility index (Phi) is 4.87. The SMILES string of the molecule is CCCc1ccc(NC(=O)c2ccnc(NC)c2F)cc1. The summed E-state index contributed by atoms with van der Waals surface area (Å²) < 4.78 is 14.0. The number of anilines is 2. The van der Waals surface area contributed by atoms with Crippen molar-refractivity contribution in [1.29, 1.82) is 0 Å². The summed E-state index contributed by atoms with van der Waals surface area (Å²) in [5.74, 6) is -1.09. The van der Waals surface area contributed by atoms with Gasteiger partial charge in [-0.2, -0.15) is 0 Å². The van der Waals surface area contributed by atoms with E-state index in [2.05, 4.69) is 22.5 Å². The van der Waals surface area contributed by atoms with Gasteiger partial charge in [0.1, 0.15) is 0 Å². The molecule has 0 fully saturated rings. The highest BCUT2D eigenvalue weighted by atomic mass is 19.1. The number of pyridine rings is 1. The second kappa shape index (κ2) is 6.83. The lowest BCUT2D eigenvalue weighted by Crippen LogP contribution is -2.15. The van der Waals surface area contributed by atoms with Crippen molar-refractivity contribution in [2.24, 2.45) is 0 Å². The van der Waals surface area contributed by atoms with Crippen LogP contribution in [0.3, 0.4) is 0 Å². The number of rotatable bonds is 5. The zero-order valence-corrected chi connectivity index (χ0v) is 12.1. The number of aryl methyl sites for hydroxylation is 1. The van der Waals surface area contributed by atoms with E-state index in [1.165, 1.54) is 17.8 Å². The van der Waals surface area contributed by atoms with Gasteiger partial charge in [-0.25, -0.2) is 9.37 Å². The zero-order chi connectivity index (χ0) is 15.2. The van der Waals surface area contributed by atoms with Crippen molar-refractivity contribution in [2.45, 2.75) is 19.8 Å². The van der Waals surface area contributed by atoms with Gasteiger partial charge in [0.25, 0.3) is 5.91 Å². The van der Waals surface area contributed by atoms with E-state index in [1.807, 2.05) is 24.3 Å². The molecule has 0 radical (unpaired) electrons. The van der Waals surface area contributed by atoms with E-state index in [0.717, 1.165) is 12.8 Å². The Bertz CT molecular complexity index is 626. The molecule has 0 atom stereocenters. The van der Waals surface area contributed by atoms with E-state index in [1.54, 1.807) is 7.05 Å². The van der Waals surface area contributed by atoms with Gasteiger partial charge in [-0.15, -0.1) is 0 Å². The molecule has 1 amide bonds. The first-order valence-corrected chi connectivity index (χ1v) is 6.88. The predicted octanol–water partition coefficient (Wildman–Crippen LogP) is 3.47. The highest BCUT2D eigenvalue weighted by molar-refractivity contribution is 6.04. The Balaban J connectivity index is 2.14. The number of hydrogen-bond donors (Lipinski definition) is 2. The summed E-state index contributed by atoms with van der Waals surface area (Å²) in [6.07, 6.45) is 3.47. The van der Waals surface area contributed by atoms with Crippen molar-refractivity contribution in [1.82, 2.24) is 4.98 Å². The molecule has 5 heteroatoms. The summed E-state index contributed by atoms with van der Waals surface area (Å²) in [7, 11) is 1.56. The van der Waals surface area contributed by atoms with Crippen molar-refractivity contribution in [3.63, 3.8) is 0 Å². The third-order valence-corrected chi connectivity index (χ3v) is 3.12. The summed E-state index contributed by atoms with van der Waals surface area (Å²) >= 11 is 0. The molecule has 1 aromatic carbocycles. The molecule has 1 aromatic heterocycles. The molecule has 2 N–H and O–H groups in total. The fourth-order valence-corrected chi connectivity index (χ4v) is 2.04. The molecule has 0 saturated heterocycles. The molecule has 2 aromatic rings. The molecular weight excluding hydrogens is 269 g/mol.